The highest BCUT2D eigenvalue weighted by Crippen LogP contribution is 2.37. The van der Waals surface area contributed by atoms with Crippen molar-refractivity contribution in [1.82, 2.24) is 4.90 Å². The van der Waals surface area contributed by atoms with Crippen LogP contribution in [0.4, 0.5) is 5.69 Å². The van der Waals surface area contributed by atoms with Gasteiger partial charge >= 0.3 is 0 Å². The lowest BCUT2D eigenvalue weighted by Gasteiger charge is -2.14. The lowest BCUT2D eigenvalue weighted by Crippen LogP contribution is -2.29. The van der Waals surface area contributed by atoms with E-state index >= 15 is 0 Å². The molecule has 2 N–H and O–H groups in total. The number of thioether (sulfide) groups is 1. The van der Waals surface area contributed by atoms with Crippen LogP contribution < -0.4 is 5.73 Å². The Labute approximate surface area is 124 Å². The normalized spacial score (nSPS) is 11.4. The number of guanidine groups is 1. The molecule has 2 aromatic rings. The maximum absolute atomic E-state index is 5.99. The van der Waals surface area contributed by atoms with E-state index < -0.39 is 0 Å². The van der Waals surface area contributed by atoms with Gasteiger partial charge in [0.25, 0.3) is 0 Å². The number of aliphatic imine (C=N–C) groups is 1. The van der Waals surface area contributed by atoms with Gasteiger partial charge in [0.15, 0.2) is 5.96 Å². The van der Waals surface area contributed by atoms with Crippen LogP contribution in [0.3, 0.4) is 0 Å². The van der Waals surface area contributed by atoms with Crippen molar-refractivity contribution in [2.24, 2.45) is 10.7 Å². The molecule has 0 aliphatic heterocycles. The number of nitrogens with zero attached hydrogens (tertiary/aromatic N) is 2. The van der Waals surface area contributed by atoms with Crippen molar-refractivity contribution >= 4 is 23.4 Å². The highest BCUT2D eigenvalue weighted by Gasteiger charge is 2.10. The zero-order valence-electron chi connectivity index (χ0n) is 12.0. The monoisotopic (exact) mass is 285 g/mol. The number of para-hydroxylation sites is 1. The average molecular weight is 285 g/mol. The molecule has 0 bridgehead atoms. The third-order valence-corrected chi connectivity index (χ3v) is 3.76. The standard InChI is InChI=1S/C16H19N3S/c1-19(2)16(17)18-15-13(10-7-11-14(15)20-3)12-8-5-4-6-9-12/h4-11H,1-3H3,(H2,17,18). The van der Waals surface area contributed by atoms with Crippen molar-refractivity contribution in [3.63, 3.8) is 0 Å². The first-order valence-electron chi connectivity index (χ1n) is 6.37. The zero-order chi connectivity index (χ0) is 14.5. The molecular weight excluding hydrogens is 266 g/mol. The summed E-state index contributed by atoms with van der Waals surface area (Å²) in [5.74, 6) is 0.503. The lowest BCUT2D eigenvalue weighted by atomic mass is 10.0. The molecule has 0 radical (unpaired) electrons. The second-order valence-corrected chi connectivity index (χ2v) is 5.43. The van der Waals surface area contributed by atoms with Gasteiger partial charge in [-0.1, -0.05) is 42.5 Å². The first-order valence-corrected chi connectivity index (χ1v) is 7.60. The summed E-state index contributed by atoms with van der Waals surface area (Å²) >= 11 is 1.68. The van der Waals surface area contributed by atoms with Gasteiger partial charge in [0, 0.05) is 24.6 Å². The molecule has 4 heteroatoms. The molecule has 2 rings (SSSR count). The summed E-state index contributed by atoms with van der Waals surface area (Å²) in [6.45, 7) is 0. The maximum atomic E-state index is 5.99. The summed E-state index contributed by atoms with van der Waals surface area (Å²) in [4.78, 5) is 7.54. The van der Waals surface area contributed by atoms with E-state index in [1.165, 1.54) is 0 Å². The minimum absolute atomic E-state index is 0.503. The summed E-state index contributed by atoms with van der Waals surface area (Å²) in [5.41, 5.74) is 9.16. The Morgan fingerprint density at radius 2 is 1.75 bits per heavy atom. The third-order valence-electron chi connectivity index (χ3n) is 2.99. The summed E-state index contributed by atoms with van der Waals surface area (Å²) < 4.78 is 0. The molecule has 20 heavy (non-hydrogen) atoms. The van der Waals surface area contributed by atoms with Crippen LogP contribution in [0.25, 0.3) is 11.1 Å². The van der Waals surface area contributed by atoms with Crippen molar-refractivity contribution in [3.05, 3.63) is 48.5 Å². The minimum atomic E-state index is 0.503. The van der Waals surface area contributed by atoms with Crippen LogP contribution in [-0.4, -0.2) is 31.2 Å². The quantitative estimate of drug-likeness (QED) is 0.532. The fourth-order valence-electron chi connectivity index (χ4n) is 1.87. The van der Waals surface area contributed by atoms with Crippen molar-refractivity contribution < 1.29 is 0 Å². The van der Waals surface area contributed by atoms with Crippen LogP contribution in [-0.2, 0) is 0 Å². The Kier molecular flexibility index (Phi) is 4.69. The van der Waals surface area contributed by atoms with Gasteiger partial charge in [-0.2, -0.15) is 0 Å². The van der Waals surface area contributed by atoms with Gasteiger partial charge in [-0.05, 0) is 17.9 Å². The Balaban J connectivity index is 2.61. The van der Waals surface area contributed by atoms with E-state index in [0.717, 1.165) is 21.7 Å². The zero-order valence-corrected chi connectivity index (χ0v) is 12.8. The summed E-state index contributed by atoms with van der Waals surface area (Å²) in [5, 5.41) is 0. The van der Waals surface area contributed by atoms with Gasteiger partial charge in [-0.15, -0.1) is 11.8 Å². The predicted molar refractivity (Wildman–Crippen MR) is 88.6 cm³/mol. The Morgan fingerprint density at radius 1 is 1.05 bits per heavy atom. The van der Waals surface area contributed by atoms with Gasteiger partial charge in [-0.3, -0.25) is 0 Å². The summed E-state index contributed by atoms with van der Waals surface area (Å²) in [7, 11) is 3.78. The molecule has 104 valence electrons. The predicted octanol–water partition coefficient (Wildman–Crippen LogP) is 3.58. The Morgan fingerprint density at radius 3 is 2.35 bits per heavy atom. The number of hydrogen-bond acceptors (Lipinski definition) is 2. The molecule has 0 heterocycles. The number of hydrogen-bond donors (Lipinski definition) is 1. The first-order chi connectivity index (χ1) is 9.63. The molecule has 0 aromatic heterocycles. The highest BCUT2D eigenvalue weighted by atomic mass is 32.2. The molecule has 0 amide bonds. The van der Waals surface area contributed by atoms with Crippen molar-refractivity contribution in [1.29, 1.82) is 0 Å². The smallest absolute Gasteiger partial charge is 0.196 e. The van der Waals surface area contributed by atoms with E-state index in [1.54, 1.807) is 11.8 Å². The SMILES string of the molecule is CSc1cccc(-c2ccccc2)c1N=C(N)N(C)C. The van der Waals surface area contributed by atoms with Crippen LogP contribution in [0.2, 0.25) is 0 Å². The van der Waals surface area contributed by atoms with Crippen LogP contribution >= 0.6 is 11.8 Å². The molecule has 0 saturated heterocycles. The second-order valence-electron chi connectivity index (χ2n) is 4.59. The number of rotatable bonds is 3. The molecule has 2 aromatic carbocycles. The molecule has 0 fully saturated rings. The number of nitrogens with two attached hydrogens (primary N) is 1. The van der Waals surface area contributed by atoms with Gasteiger partial charge in [0.05, 0.1) is 5.69 Å². The van der Waals surface area contributed by atoms with E-state index in [4.69, 9.17) is 5.73 Å². The largest absolute Gasteiger partial charge is 0.370 e. The van der Waals surface area contributed by atoms with Crippen LogP contribution in [0, 0.1) is 0 Å². The average Bonchev–Trinajstić information content (AvgIpc) is 2.48. The maximum Gasteiger partial charge on any atom is 0.196 e. The van der Waals surface area contributed by atoms with Crippen LogP contribution in [0.15, 0.2) is 58.4 Å². The second kappa shape index (κ2) is 6.48. The lowest BCUT2D eigenvalue weighted by molar-refractivity contribution is 0.614. The molecule has 0 unspecified atom stereocenters. The first kappa shape index (κ1) is 14.5. The number of benzene rings is 2. The van der Waals surface area contributed by atoms with Crippen LogP contribution in [0.5, 0.6) is 0 Å². The van der Waals surface area contributed by atoms with Crippen molar-refractivity contribution in [2.75, 3.05) is 20.4 Å². The van der Waals surface area contributed by atoms with E-state index in [9.17, 15) is 0 Å². The molecule has 0 spiro atoms. The fourth-order valence-corrected chi connectivity index (χ4v) is 2.43. The molecule has 0 saturated carbocycles. The van der Waals surface area contributed by atoms with Gasteiger partial charge in [0.2, 0.25) is 0 Å². The van der Waals surface area contributed by atoms with Gasteiger partial charge in [0.1, 0.15) is 0 Å². The molecule has 3 nitrogen and oxygen atoms in total. The third kappa shape index (κ3) is 3.14. The molecule has 0 atom stereocenters. The van der Waals surface area contributed by atoms with Gasteiger partial charge < -0.3 is 10.6 Å². The fraction of sp³-hybridized carbons (Fsp3) is 0.188. The van der Waals surface area contributed by atoms with E-state index in [1.807, 2.05) is 37.2 Å². The topological polar surface area (TPSA) is 41.6 Å². The molecule has 0 aliphatic rings. The van der Waals surface area contributed by atoms with Gasteiger partial charge in [-0.25, -0.2) is 4.99 Å². The van der Waals surface area contributed by atoms with Crippen molar-refractivity contribution in [3.8, 4) is 11.1 Å². The minimum Gasteiger partial charge on any atom is -0.370 e. The summed E-state index contributed by atoms with van der Waals surface area (Å²) in [6.07, 6.45) is 2.05. The van der Waals surface area contributed by atoms with Crippen molar-refractivity contribution in [2.45, 2.75) is 4.90 Å². The van der Waals surface area contributed by atoms with E-state index in [0.29, 0.717) is 5.96 Å². The van der Waals surface area contributed by atoms with Crippen LogP contribution in [0.1, 0.15) is 0 Å². The van der Waals surface area contributed by atoms with E-state index in [2.05, 4.69) is 41.6 Å². The highest BCUT2D eigenvalue weighted by molar-refractivity contribution is 7.98. The van der Waals surface area contributed by atoms with E-state index in [-0.39, 0.29) is 0 Å². The summed E-state index contributed by atoms with van der Waals surface area (Å²) in [6, 6.07) is 16.5. The Bertz CT molecular complexity index is 606. The molecular formula is C16H19N3S. The Hall–Kier alpha value is -1.94. The molecule has 0 aliphatic carbocycles.